The number of aromatic nitrogens is 2. The molecule has 5 rings (SSSR count). The van der Waals surface area contributed by atoms with Crippen LogP contribution < -0.4 is 15.4 Å². The largest absolute Gasteiger partial charge is 0.487 e. The number of carbonyl (C=O) groups excluding carboxylic acids is 1. The van der Waals surface area contributed by atoms with E-state index in [1.54, 1.807) is 18.3 Å². The Hall–Kier alpha value is -3.39. The van der Waals surface area contributed by atoms with Gasteiger partial charge in [0.2, 0.25) is 0 Å². The molecule has 3 heterocycles. The number of rotatable bonds is 4. The van der Waals surface area contributed by atoms with E-state index < -0.39 is 0 Å². The summed E-state index contributed by atoms with van der Waals surface area (Å²) in [4.78, 5) is 17.0. The highest BCUT2D eigenvalue weighted by Gasteiger charge is 2.49. The van der Waals surface area contributed by atoms with Crippen LogP contribution in [0.2, 0.25) is 0 Å². The number of ether oxygens (including phenoxy) is 2. The van der Waals surface area contributed by atoms with Crippen molar-refractivity contribution < 1.29 is 18.8 Å². The van der Waals surface area contributed by atoms with Crippen LogP contribution in [-0.4, -0.2) is 42.0 Å². The fourth-order valence-electron chi connectivity index (χ4n) is 3.71. The molecule has 0 spiro atoms. The van der Waals surface area contributed by atoms with Crippen LogP contribution >= 0.6 is 0 Å². The number of nitrogens with zero attached hydrogens (tertiary/aromatic N) is 2. The molecule has 1 saturated carbocycles. The molecule has 0 bridgehead atoms. The van der Waals surface area contributed by atoms with Gasteiger partial charge in [-0.25, -0.2) is 4.98 Å². The summed E-state index contributed by atoms with van der Waals surface area (Å²) >= 11 is 0. The molecule has 0 unspecified atom stereocenters. The van der Waals surface area contributed by atoms with Crippen molar-refractivity contribution in [3.63, 3.8) is 0 Å². The third-order valence-electron chi connectivity index (χ3n) is 5.50. The summed E-state index contributed by atoms with van der Waals surface area (Å²) in [6, 6.07) is 15.2. The van der Waals surface area contributed by atoms with Gasteiger partial charge in [0.15, 0.2) is 17.3 Å². The van der Waals surface area contributed by atoms with E-state index in [9.17, 15) is 4.79 Å². The summed E-state index contributed by atoms with van der Waals surface area (Å²) in [6.07, 6.45) is 3.65. The monoisotopic (exact) mass is 406 g/mol. The van der Waals surface area contributed by atoms with Crippen molar-refractivity contribution in [3.8, 4) is 5.75 Å². The lowest BCUT2D eigenvalue weighted by molar-refractivity contribution is 0.0803. The minimum atomic E-state index is -0.338. The van der Waals surface area contributed by atoms with E-state index in [0.29, 0.717) is 18.2 Å². The van der Waals surface area contributed by atoms with Gasteiger partial charge in [-0.3, -0.25) is 4.79 Å². The van der Waals surface area contributed by atoms with Gasteiger partial charge in [0.25, 0.3) is 5.91 Å². The van der Waals surface area contributed by atoms with E-state index in [0.717, 1.165) is 18.6 Å². The van der Waals surface area contributed by atoms with E-state index in [1.807, 2.05) is 24.3 Å². The Morgan fingerprint density at radius 2 is 2.00 bits per heavy atom. The summed E-state index contributed by atoms with van der Waals surface area (Å²) in [7, 11) is 0. The van der Waals surface area contributed by atoms with Crippen LogP contribution in [-0.2, 0) is 10.2 Å². The smallest absolute Gasteiger partial charge is 0.273 e. The van der Waals surface area contributed by atoms with Crippen molar-refractivity contribution in [1.82, 2.24) is 15.5 Å². The number of benzene rings is 1. The topological polar surface area (TPSA) is 98.5 Å². The van der Waals surface area contributed by atoms with Gasteiger partial charge >= 0.3 is 0 Å². The Morgan fingerprint density at radius 3 is 2.83 bits per heavy atom. The predicted molar refractivity (Wildman–Crippen MR) is 108 cm³/mol. The van der Waals surface area contributed by atoms with E-state index in [4.69, 9.17) is 14.0 Å². The summed E-state index contributed by atoms with van der Waals surface area (Å²) in [5.74, 6) is 1.64. The first-order chi connectivity index (χ1) is 14.7. The predicted octanol–water partition coefficient (Wildman–Crippen LogP) is 2.73. The van der Waals surface area contributed by atoms with E-state index in [-0.39, 0.29) is 36.4 Å². The Morgan fingerprint density at radius 1 is 1.13 bits per heavy atom. The first-order valence-electron chi connectivity index (χ1n) is 9.98. The Balaban J connectivity index is 1.27. The lowest BCUT2D eigenvalue weighted by atomic mass is 9.93. The van der Waals surface area contributed by atoms with E-state index >= 15 is 0 Å². The van der Waals surface area contributed by atoms with Gasteiger partial charge in [0, 0.05) is 12.3 Å². The fourth-order valence-corrected chi connectivity index (χ4v) is 3.71. The molecule has 1 amide bonds. The van der Waals surface area contributed by atoms with Crippen molar-refractivity contribution in [2.45, 2.75) is 24.3 Å². The summed E-state index contributed by atoms with van der Waals surface area (Å²) < 4.78 is 17.0. The average Bonchev–Trinajstić information content (AvgIpc) is 3.41. The van der Waals surface area contributed by atoms with Gasteiger partial charge in [-0.05, 0) is 30.5 Å². The lowest BCUT2D eigenvalue weighted by Crippen LogP contribution is -2.42. The van der Waals surface area contributed by atoms with E-state index in [1.165, 1.54) is 5.56 Å². The van der Waals surface area contributed by atoms with Crippen LogP contribution in [0.1, 0.15) is 34.7 Å². The SMILES string of the molecule is O=C(N[C@@H]1COCNc2ncccc2OC1)c1cc(C2(c3ccccc3)CC2)on1. The molecule has 1 fully saturated rings. The van der Waals surface area contributed by atoms with Crippen LogP contribution in [0, 0.1) is 0 Å². The van der Waals surface area contributed by atoms with Gasteiger partial charge in [-0.15, -0.1) is 0 Å². The minimum Gasteiger partial charge on any atom is -0.487 e. The first-order valence-corrected chi connectivity index (χ1v) is 9.98. The normalized spacial score (nSPS) is 19.8. The van der Waals surface area contributed by atoms with Gasteiger partial charge in [0.1, 0.15) is 19.1 Å². The Kier molecular flexibility index (Phi) is 4.84. The van der Waals surface area contributed by atoms with Crippen molar-refractivity contribution in [3.05, 3.63) is 71.7 Å². The molecule has 8 nitrogen and oxygen atoms in total. The third kappa shape index (κ3) is 3.61. The van der Waals surface area contributed by atoms with Gasteiger partial charge in [-0.1, -0.05) is 35.5 Å². The number of hydrogen-bond acceptors (Lipinski definition) is 7. The molecule has 1 aromatic carbocycles. The quantitative estimate of drug-likeness (QED) is 0.687. The van der Waals surface area contributed by atoms with Crippen LogP contribution in [0.4, 0.5) is 5.82 Å². The van der Waals surface area contributed by atoms with Gasteiger partial charge < -0.3 is 24.6 Å². The van der Waals surface area contributed by atoms with Gasteiger partial charge in [0.05, 0.1) is 18.1 Å². The van der Waals surface area contributed by atoms with Crippen molar-refractivity contribution >= 4 is 11.7 Å². The number of hydrogen-bond donors (Lipinski definition) is 2. The molecule has 30 heavy (non-hydrogen) atoms. The van der Waals surface area contributed by atoms with Crippen molar-refractivity contribution in [1.29, 1.82) is 0 Å². The minimum absolute atomic E-state index is 0.167. The molecular formula is C22H22N4O4. The molecule has 1 atom stereocenters. The van der Waals surface area contributed by atoms with Crippen LogP contribution in [0.3, 0.4) is 0 Å². The highest BCUT2D eigenvalue weighted by atomic mass is 16.5. The lowest BCUT2D eigenvalue weighted by Gasteiger charge is -2.17. The Bertz CT molecular complexity index is 1030. The molecule has 0 radical (unpaired) electrons. The molecule has 2 aliphatic rings. The second-order valence-electron chi connectivity index (χ2n) is 7.55. The van der Waals surface area contributed by atoms with E-state index in [2.05, 4.69) is 32.9 Å². The third-order valence-corrected chi connectivity index (χ3v) is 5.50. The number of pyridine rings is 1. The molecule has 0 saturated heterocycles. The van der Waals surface area contributed by atoms with Gasteiger partial charge in [-0.2, -0.15) is 0 Å². The Labute approximate surface area is 173 Å². The zero-order chi connectivity index (χ0) is 20.4. The number of fused-ring (bicyclic) bond motifs is 1. The number of carbonyl (C=O) groups is 1. The van der Waals surface area contributed by atoms with Crippen LogP contribution in [0.5, 0.6) is 5.75 Å². The van der Waals surface area contributed by atoms with Crippen molar-refractivity contribution in [2.75, 3.05) is 25.3 Å². The summed E-state index contributed by atoms with van der Waals surface area (Å²) in [5.41, 5.74) is 1.28. The maximum atomic E-state index is 12.8. The molecule has 3 aromatic rings. The maximum absolute atomic E-state index is 12.8. The fraction of sp³-hybridized carbons (Fsp3) is 0.318. The summed E-state index contributed by atoms with van der Waals surface area (Å²) in [5, 5.41) is 10.0. The van der Waals surface area contributed by atoms with Crippen LogP contribution in [0.15, 0.2) is 59.3 Å². The molecule has 2 aromatic heterocycles. The molecule has 154 valence electrons. The van der Waals surface area contributed by atoms with Crippen LogP contribution in [0.25, 0.3) is 0 Å². The molecule has 8 heteroatoms. The van der Waals surface area contributed by atoms with Crippen molar-refractivity contribution in [2.24, 2.45) is 0 Å². The molecule has 1 aliphatic heterocycles. The zero-order valence-corrected chi connectivity index (χ0v) is 16.3. The number of amides is 1. The molecule has 1 aliphatic carbocycles. The standard InChI is InChI=1S/C22H22N4O4/c27-21(25-16-12-28-14-24-20-18(29-13-16)7-4-10-23-20)17-11-19(30-26-17)22(8-9-22)15-5-2-1-3-6-15/h1-7,10-11,16H,8-9,12-14H2,(H,23,24)(H,25,27)/t16-/m1/s1. The second kappa shape index (κ2) is 7.79. The molecular weight excluding hydrogens is 384 g/mol. The highest BCUT2D eigenvalue weighted by molar-refractivity contribution is 5.92. The highest BCUT2D eigenvalue weighted by Crippen LogP contribution is 2.53. The molecule has 2 N–H and O–H groups in total. The number of anilines is 1. The number of nitrogens with one attached hydrogen (secondary N) is 2. The first kappa shape index (κ1) is 18.6. The summed E-state index contributed by atoms with van der Waals surface area (Å²) in [6.45, 7) is 0.823. The maximum Gasteiger partial charge on any atom is 0.273 e. The second-order valence-corrected chi connectivity index (χ2v) is 7.55. The average molecular weight is 406 g/mol. The zero-order valence-electron chi connectivity index (χ0n) is 16.3.